The highest BCUT2D eigenvalue weighted by molar-refractivity contribution is 5.94. The molecule has 5 heteroatoms. The van der Waals surface area contributed by atoms with Crippen molar-refractivity contribution in [3.63, 3.8) is 0 Å². The molecule has 2 amide bonds. The Morgan fingerprint density at radius 1 is 1.16 bits per heavy atom. The van der Waals surface area contributed by atoms with Crippen LogP contribution < -0.4 is 5.32 Å². The van der Waals surface area contributed by atoms with Crippen molar-refractivity contribution in [2.45, 2.75) is 45.1 Å². The molecule has 3 rings (SSSR count). The third-order valence-corrected chi connectivity index (χ3v) is 5.23. The van der Waals surface area contributed by atoms with Crippen molar-refractivity contribution in [2.75, 3.05) is 26.2 Å². The molecule has 2 aliphatic rings. The van der Waals surface area contributed by atoms with Crippen LogP contribution in [0, 0.1) is 12.8 Å². The molecule has 1 aromatic rings. The molecule has 2 heterocycles. The van der Waals surface area contributed by atoms with Gasteiger partial charge in [-0.05, 0) is 50.7 Å². The third kappa shape index (κ3) is 5.05. The van der Waals surface area contributed by atoms with Crippen LogP contribution in [0.4, 0.5) is 0 Å². The quantitative estimate of drug-likeness (QED) is 0.893. The number of carbonyl (C=O) groups excluding carboxylic acids is 2. The zero-order valence-corrected chi connectivity index (χ0v) is 15.0. The summed E-state index contributed by atoms with van der Waals surface area (Å²) < 4.78 is 5.52. The van der Waals surface area contributed by atoms with Crippen LogP contribution in [0.3, 0.4) is 0 Å². The Balaban J connectivity index is 1.39. The Labute approximate surface area is 149 Å². The van der Waals surface area contributed by atoms with E-state index in [9.17, 15) is 9.59 Å². The average molecular weight is 344 g/mol. The molecule has 1 aromatic carbocycles. The molecule has 2 fully saturated rings. The summed E-state index contributed by atoms with van der Waals surface area (Å²) in [4.78, 5) is 26.5. The molecule has 0 radical (unpaired) electrons. The molecule has 0 saturated carbocycles. The van der Waals surface area contributed by atoms with Gasteiger partial charge in [-0.2, -0.15) is 0 Å². The highest BCUT2D eigenvalue weighted by Crippen LogP contribution is 2.22. The fourth-order valence-corrected chi connectivity index (χ4v) is 3.59. The number of carbonyl (C=O) groups is 2. The second-order valence-corrected chi connectivity index (χ2v) is 7.24. The number of benzene rings is 1. The van der Waals surface area contributed by atoms with E-state index in [0.717, 1.165) is 56.5 Å². The summed E-state index contributed by atoms with van der Waals surface area (Å²) in [5.41, 5.74) is 1.91. The molecular weight excluding hydrogens is 316 g/mol. The van der Waals surface area contributed by atoms with Crippen molar-refractivity contribution >= 4 is 11.8 Å². The van der Waals surface area contributed by atoms with E-state index in [1.54, 1.807) is 0 Å². The molecule has 1 N–H and O–H groups in total. The molecule has 0 spiro atoms. The summed E-state index contributed by atoms with van der Waals surface area (Å²) in [5, 5.41) is 2.99. The summed E-state index contributed by atoms with van der Waals surface area (Å²) >= 11 is 0. The van der Waals surface area contributed by atoms with E-state index < -0.39 is 0 Å². The topological polar surface area (TPSA) is 58.6 Å². The molecule has 2 aliphatic heterocycles. The maximum atomic E-state index is 12.5. The van der Waals surface area contributed by atoms with Crippen LogP contribution in [0.5, 0.6) is 0 Å². The fourth-order valence-electron chi connectivity index (χ4n) is 3.59. The van der Waals surface area contributed by atoms with E-state index in [2.05, 4.69) is 5.32 Å². The maximum Gasteiger partial charge on any atom is 0.253 e. The molecule has 0 bridgehead atoms. The smallest absolute Gasteiger partial charge is 0.253 e. The van der Waals surface area contributed by atoms with Crippen molar-refractivity contribution in [3.8, 4) is 0 Å². The number of aryl methyl sites for hydroxylation is 1. The lowest BCUT2D eigenvalue weighted by molar-refractivity contribution is -0.122. The molecule has 25 heavy (non-hydrogen) atoms. The normalized spacial score (nSPS) is 21.3. The monoisotopic (exact) mass is 344 g/mol. The molecule has 0 aromatic heterocycles. The van der Waals surface area contributed by atoms with Crippen LogP contribution in [-0.2, 0) is 9.53 Å². The van der Waals surface area contributed by atoms with E-state index in [1.165, 1.54) is 0 Å². The molecule has 1 atom stereocenters. The molecule has 136 valence electrons. The van der Waals surface area contributed by atoms with Crippen LogP contribution in [0.1, 0.15) is 48.0 Å². The SMILES string of the molecule is Cc1ccc(C(=O)N2CCC(CC(=O)NCC3CCCO3)CC2)cc1. The Bertz CT molecular complexity index is 585. The second kappa shape index (κ2) is 8.48. The number of piperidine rings is 1. The van der Waals surface area contributed by atoms with Crippen LogP contribution in [0.15, 0.2) is 24.3 Å². The van der Waals surface area contributed by atoms with Gasteiger partial charge < -0.3 is 15.0 Å². The van der Waals surface area contributed by atoms with E-state index in [4.69, 9.17) is 4.74 Å². The Morgan fingerprint density at radius 2 is 1.88 bits per heavy atom. The Morgan fingerprint density at radius 3 is 2.52 bits per heavy atom. The summed E-state index contributed by atoms with van der Waals surface area (Å²) in [7, 11) is 0. The Kier molecular flexibility index (Phi) is 6.08. The minimum atomic E-state index is 0.0984. The van der Waals surface area contributed by atoms with Gasteiger partial charge in [0.2, 0.25) is 5.91 Å². The predicted molar refractivity (Wildman–Crippen MR) is 96.4 cm³/mol. The van der Waals surface area contributed by atoms with Crippen molar-refractivity contribution in [1.82, 2.24) is 10.2 Å². The van der Waals surface area contributed by atoms with Crippen LogP contribution in [0.2, 0.25) is 0 Å². The summed E-state index contributed by atoms with van der Waals surface area (Å²) in [6.45, 7) is 4.92. The zero-order valence-electron chi connectivity index (χ0n) is 15.0. The minimum Gasteiger partial charge on any atom is -0.376 e. The number of hydrogen-bond acceptors (Lipinski definition) is 3. The van der Waals surface area contributed by atoms with Crippen molar-refractivity contribution in [1.29, 1.82) is 0 Å². The lowest BCUT2D eigenvalue weighted by Gasteiger charge is -2.32. The van der Waals surface area contributed by atoms with E-state index in [-0.39, 0.29) is 17.9 Å². The van der Waals surface area contributed by atoms with Gasteiger partial charge in [0.15, 0.2) is 0 Å². The van der Waals surface area contributed by atoms with Crippen molar-refractivity contribution in [3.05, 3.63) is 35.4 Å². The number of amides is 2. The van der Waals surface area contributed by atoms with Gasteiger partial charge in [0.25, 0.3) is 5.91 Å². The second-order valence-electron chi connectivity index (χ2n) is 7.24. The number of ether oxygens (including phenoxy) is 1. The molecule has 2 saturated heterocycles. The fraction of sp³-hybridized carbons (Fsp3) is 0.600. The van der Waals surface area contributed by atoms with Gasteiger partial charge in [-0.15, -0.1) is 0 Å². The number of nitrogens with zero attached hydrogens (tertiary/aromatic N) is 1. The number of likely N-dealkylation sites (tertiary alicyclic amines) is 1. The average Bonchev–Trinajstić information content (AvgIpc) is 3.14. The van der Waals surface area contributed by atoms with Gasteiger partial charge >= 0.3 is 0 Å². The maximum absolute atomic E-state index is 12.5. The number of rotatable bonds is 5. The van der Waals surface area contributed by atoms with E-state index in [0.29, 0.717) is 18.9 Å². The van der Waals surface area contributed by atoms with Crippen LogP contribution >= 0.6 is 0 Å². The van der Waals surface area contributed by atoms with Crippen LogP contribution in [-0.4, -0.2) is 49.1 Å². The van der Waals surface area contributed by atoms with Gasteiger partial charge in [0, 0.05) is 38.2 Å². The number of nitrogens with one attached hydrogen (secondary N) is 1. The van der Waals surface area contributed by atoms with Crippen molar-refractivity contribution in [2.24, 2.45) is 5.92 Å². The summed E-state index contributed by atoms with van der Waals surface area (Å²) in [6.07, 6.45) is 4.67. The molecule has 0 aliphatic carbocycles. The minimum absolute atomic E-state index is 0.0984. The highest BCUT2D eigenvalue weighted by atomic mass is 16.5. The Hall–Kier alpha value is -1.88. The van der Waals surface area contributed by atoms with Gasteiger partial charge in [0.05, 0.1) is 6.10 Å². The highest BCUT2D eigenvalue weighted by Gasteiger charge is 2.25. The van der Waals surface area contributed by atoms with Crippen molar-refractivity contribution < 1.29 is 14.3 Å². The molecule has 5 nitrogen and oxygen atoms in total. The lowest BCUT2D eigenvalue weighted by atomic mass is 9.92. The van der Waals surface area contributed by atoms with Gasteiger partial charge in [0.1, 0.15) is 0 Å². The summed E-state index contributed by atoms with van der Waals surface area (Å²) in [6, 6.07) is 7.72. The standard InChI is InChI=1S/C20H28N2O3/c1-15-4-6-17(7-5-15)20(24)22-10-8-16(9-11-22)13-19(23)21-14-18-3-2-12-25-18/h4-7,16,18H,2-3,8-14H2,1H3,(H,21,23). The van der Waals surface area contributed by atoms with E-state index >= 15 is 0 Å². The molecule has 1 unspecified atom stereocenters. The first-order valence-electron chi connectivity index (χ1n) is 9.36. The lowest BCUT2D eigenvalue weighted by Crippen LogP contribution is -2.40. The third-order valence-electron chi connectivity index (χ3n) is 5.23. The zero-order chi connectivity index (χ0) is 17.6. The number of hydrogen-bond donors (Lipinski definition) is 1. The first-order valence-corrected chi connectivity index (χ1v) is 9.36. The first kappa shape index (κ1) is 17.9. The van der Waals surface area contributed by atoms with Crippen LogP contribution in [0.25, 0.3) is 0 Å². The van der Waals surface area contributed by atoms with Gasteiger partial charge in [-0.25, -0.2) is 0 Å². The van der Waals surface area contributed by atoms with Gasteiger partial charge in [-0.3, -0.25) is 9.59 Å². The summed E-state index contributed by atoms with van der Waals surface area (Å²) in [5.74, 6) is 0.576. The van der Waals surface area contributed by atoms with Gasteiger partial charge in [-0.1, -0.05) is 17.7 Å². The predicted octanol–water partition coefficient (Wildman–Crippen LogP) is 2.53. The molecular formula is C20H28N2O3. The van der Waals surface area contributed by atoms with E-state index in [1.807, 2.05) is 36.1 Å². The largest absolute Gasteiger partial charge is 0.376 e. The first-order chi connectivity index (χ1) is 12.1.